The Morgan fingerprint density at radius 2 is 1.65 bits per heavy atom. The predicted molar refractivity (Wildman–Crippen MR) is 69.8 cm³/mol. The second-order valence-corrected chi connectivity index (χ2v) is 4.18. The van der Waals surface area contributed by atoms with E-state index in [0.717, 1.165) is 0 Å². The molecular formula is C14H12O6. The number of ether oxygens (including phenoxy) is 2. The minimum absolute atomic E-state index is 0.165. The van der Waals surface area contributed by atoms with Crippen LogP contribution in [0.3, 0.4) is 0 Å². The van der Waals surface area contributed by atoms with Crippen LogP contribution in [0.15, 0.2) is 27.4 Å². The van der Waals surface area contributed by atoms with Crippen LogP contribution in [0.1, 0.15) is 19.4 Å². The minimum Gasteiger partial charge on any atom is -0.426 e. The van der Waals surface area contributed by atoms with Gasteiger partial charge in [-0.25, -0.2) is 4.79 Å². The molecule has 0 aliphatic rings. The van der Waals surface area contributed by atoms with E-state index in [9.17, 15) is 14.4 Å². The molecule has 0 fully saturated rings. The lowest BCUT2D eigenvalue weighted by Gasteiger charge is -2.11. The lowest BCUT2D eigenvalue weighted by Crippen LogP contribution is -2.07. The fourth-order valence-corrected chi connectivity index (χ4v) is 1.81. The summed E-state index contributed by atoms with van der Waals surface area (Å²) >= 11 is 0. The van der Waals surface area contributed by atoms with Crippen LogP contribution in [0.25, 0.3) is 11.0 Å². The summed E-state index contributed by atoms with van der Waals surface area (Å²) in [5.74, 6) is -0.719. The molecule has 0 aliphatic carbocycles. The van der Waals surface area contributed by atoms with Gasteiger partial charge in [-0.15, -0.1) is 0 Å². The molecule has 104 valence electrons. The Hall–Kier alpha value is -2.63. The highest BCUT2D eigenvalue weighted by Gasteiger charge is 2.16. The van der Waals surface area contributed by atoms with Crippen molar-refractivity contribution < 1.29 is 23.5 Å². The van der Waals surface area contributed by atoms with E-state index < -0.39 is 17.6 Å². The summed E-state index contributed by atoms with van der Waals surface area (Å²) in [6, 6.07) is 4.13. The minimum atomic E-state index is -0.547. The average Bonchev–Trinajstić information content (AvgIpc) is 2.33. The number of hydrogen-bond acceptors (Lipinski definition) is 6. The van der Waals surface area contributed by atoms with Gasteiger partial charge in [0.15, 0.2) is 0 Å². The number of carbonyl (C=O) groups excluding carboxylic acids is 2. The van der Waals surface area contributed by atoms with Crippen LogP contribution in [0.4, 0.5) is 0 Å². The van der Waals surface area contributed by atoms with Gasteiger partial charge in [0.05, 0.1) is 5.39 Å². The van der Waals surface area contributed by atoms with E-state index in [1.807, 2.05) is 0 Å². The molecular weight excluding hydrogens is 264 g/mol. The molecule has 2 aromatic rings. The highest BCUT2D eigenvalue weighted by molar-refractivity contribution is 5.90. The lowest BCUT2D eigenvalue weighted by molar-refractivity contribution is -0.132. The highest BCUT2D eigenvalue weighted by atomic mass is 16.5. The first kappa shape index (κ1) is 13.8. The number of hydrogen-bond donors (Lipinski definition) is 0. The van der Waals surface area contributed by atoms with Crippen LogP contribution in [0.2, 0.25) is 0 Å². The average molecular weight is 276 g/mol. The SMILES string of the molecule is CC(=O)Oc1cc(OC(C)=O)c2ccc(=O)oc2c1C. The Morgan fingerprint density at radius 1 is 1.05 bits per heavy atom. The number of carbonyl (C=O) groups is 2. The molecule has 2 rings (SSSR count). The van der Waals surface area contributed by atoms with E-state index >= 15 is 0 Å². The van der Waals surface area contributed by atoms with E-state index in [0.29, 0.717) is 10.9 Å². The molecule has 1 heterocycles. The molecule has 1 aromatic carbocycles. The Morgan fingerprint density at radius 3 is 2.25 bits per heavy atom. The molecule has 0 atom stereocenters. The van der Waals surface area contributed by atoms with E-state index in [2.05, 4.69) is 0 Å². The van der Waals surface area contributed by atoms with Crippen molar-refractivity contribution in [1.29, 1.82) is 0 Å². The quantitative estimate of drug-likeness (QED) is 0.473. The largest absolute Gasteiger partial charge is 0.426 e. The molecule has 0 N–H and O–H groups in total. The summed E-state index contributed by atoms with van der Waals surface area (Å²) in [4.78, 5) is 33.5. The monoisotopic (exact) mass is 276 g/mol. The molecule has 0 unspecified atom stereocenters. The Bertz CT molecular complexity index is 756. The van der Waals surface area contributed by atoms with Gasteiger partial charge in [-0.3, -0.25) is 9.59 Å². The lowest BCUT2D eigenvalue weighted by atomic mass is 10.1. The van der Waals surface area contributed by atoms with Crippen LogP contribution in [0.5, 0.6) is 11.5 Å². The van der Waals surface area contributed by atoms with Crippen LogP contribution in [0, 0.1) is 6.92 Å². The van der Waals surface area contributed by atoms with Crippen molar-refractivity contribution in [3.05, 3.63) is 34.2 Å². The van der Waals surface area contributed by atoms with E-state index in [4.69, 9.17) is 13.9 Å². The van der Waals surface area contributed by atoms with E-state index in [1.54, 1.807) is 6.92 Å². The van der Waals surface area contributed by atoms with Crippen LogP contribution in [-0.4, -0.2) is 11.9 Å². The third-order valence-corrected chi connectivity index (χ3v) is 2.58. The van der Waals surface area contributed by atoms with Crippen molar-refractivity contribution in [3.8, 4) is 11.5 Å². The Kier molecular flexibility index (Phi) is 3.56. The molecule has 0 saturated heterocycles. The molecule has 0 amide bonds. The molecule has 0 radical (unpaired) electrons. The number of esters is 2. The topological polar surface area (TPSA) is 82.8 Å². The van der Waals surface area contributed by atoms with Gasteiger partial charge in [0, 0.05) is 31.5 Å². The molecule has 6 heteroatoms. The normalized spacial score (nSPS) is 10.3. The zero-order valence-electron chi connectivity index (χ0n) is 11.2. The zero-order chi connectivity index (χ0) is 14.9. The fraction of sp³-hybridized carbons (Fsp3) is 0.214. The van der Waals surface area contributed by atoms with E-state index in [-0.39, 0.29) is 17.1 Å². The Balaban J connectivity index is 2.76. The number of aryl methyl sites for hydroxylation is 1. The van der Waals surface area contributed by atoms with Crippen molar-refractivity contribution >= 4 is 22.9 Å². The van der Waals surface area contributed by atoms with Crippen molar-refractivity contribution in [2.75, 3.05) is 0 Å². The number of rotatable bonds is 2. The van der Waals surface area contributed by atoms with Crippen molar-refractivity contribution in [1.82, 2.24) is 0 Å². The first-order valence-electron chi connectivity index (χ1n) is 5.83. The van der Waals surface area contributed by atoms with Crippen molar-refractivity contribution in [2.24, 2.45) is 0 Å². The van der Waals surface area contributed by atoms with Crippen LogP contribution < -0.4 is 15.1 Å². The van der Waals surface area contributed by atoms with Gasteiger partial charge in [0.25, 0.3) is 0 Å². The van der Waals surface area contributed by atoms with Crippen molar-refractivity contribution in [2.45, 2.75) is 20.8 Å². The summed E-state index contributed by atoms with van der Waals surface area (Å²) in [7, 11) is 0. The summed E-state index contributed by atoms with van der Waals surface area (Å²) in [6.07, 6.45) is 0. The zero-order valence-corrected chi connectivity index (χ0v) is 11.2. The summed E-state index contributed by atoms with van der Waals surface area (Å²) in [5.41, 5.74) is 0.144. The smallest absolute Gasteiger partial charge is 0.336 e. The van der Waals surface area contributed by atoms with Gasteiger partial charge < -0.3 is 13.9 Å². The van der Waals surface area contributed by atoms with Gasteiger partial charge in [-0.1, -0.05) is 0 Å². The maximum absolute atomic E-state index is 11.3. The van der Waals surface area contributed by atoms with Gasteiger partial charge in [-0.05, 0) is 13.0 Å². The van der Waals surface area contributed by atoms with Gasteiger partial charge >= 0.3 is 17.6 Å². The third-order valence-electron chi connectivity index (χ3n) is 2.58. The standard InChI is InChI=1S/C14H12O6/c1-7-11(18-8(2)15)6-12(19-9(3)16)10-4-5-13(17)20-14(7)10/h4-6H,1-3H3. The first-order valence-corrected chi connectivity index (χ1v) is 5.83. The van der Waals surface area contributed by atoms with Crippen LogP contribution in [-0.2, 0) is 9.59 Å². The van der Waals surface area contributed by atoms with Gasteiger partial charge in [0.1, 0.15) is 17.1 Å². The maximum atomic E-state index is 11.3. The second kappa shape index (κ2) is 5.16. The molecule has 1 aromatic heterocycles. The summed E-state index contributed by atoms with van der Waals surface area (Å²) in [6.45, 7) is 4.13. The first-order chi connectivity index (χ1) is 9.38. The fourth-order valence-electron chi connectivity index (χ4n) is 1.81. The second-order valence-electron chi connectivity index (χ2n) is 4.18. The molecule has 0 spiro atoms. The number of benzene rings is 1. The third kappa shape index (κ3) is 2.69. The van der Waals surface area contributed by atoms with Gasteiger partial charge in [-0.2, -0.15) is 0 Å². The molecule has 0 bridgehead atoms. The Labute approximate surface area is 113 Å². The van der Waals surface area contributed by atoms with Crippen LogP contribution >= 0.6 is 0 Å². The molecule has 0 aliphatic heterocycles. The molecule has 0 saturated carbocycles. The van der Waals surface area contributed by atoms with Crippen molar-refractivity contribution in [3.63, 3.8) is 0 Å². The predicted octanol–water partition coefficient (Wildman–Crippen LogP) is 1.95. The molecule has 20 heavy (non-hydrogen) atoms. The highest BCUT2D eigenvalue weighted by Crippen LogP contribution is 2.34. The van der Waals surface area contributed by atoms with E-state index in [1.165, 1.54) is 32.0 Å². The number of fused-ring (bicyclic) bond motifs is 1. The molecule has 6 nitrogen and oxygen atoms in total. The van der Waals surface area contributed by atoms with Gasteiger partial charge in [0.2, 0.25) is 0 Å². The summed E-state index contributed by atoms with van der Waals surface area (Å²) in [5, 5.41) is 0.452. The maximum Gasteiger partial charge on any atom is 0.336 e. The summed E-state index contributed by atoms with van der Waals surface area (Å²) < 4.78 is 15.2.